The Morgan fingerprint density at radius 1 is 0.885 bits per heavy atom. The second-order valence-corrected chi connectivity index (χ2v) is 5.89. The normalized spacial score (nSPS) is 10.2. The molecule has 5 heteroatoms. The van der Waals surface area contributed by atoms with Gasteiger partial charge in [0, 0.05) is 35.8 Å². The molecule has 0 spiro atoms. The Morgan fingerprint density at radius 3 is 2.31 bits per heavy atom. The van der Waals surface area contributed by atoms with Gasteiger partial charge in [-0.3, -0.25) is 14.6 Å². The number of aryl methyl sites for hydroxylation is 1. The number of rotatable bonds is 5. The summed E-state index contributed by atoms with van der Waals surface area (Å²) in [5.41, 5.74) is 3.57. The SMILES string of the molecule is Cc1ccccc1NC(=O)c1cccc(C(=O)NCc2ccncc2)c1. The van der Waals surface area contributed by atoms with Crippen LogP contribution in [-0.4, -0.2) is 16.8 Å². The van der Waals surface area contributed by atoms with Crippen LogP contribution < -0.4 is 10.6 Å². The van der Waals surface area contributed by atoms with E-state index in [0.717, 1.165) is 16.8 Å². The minimum absolute atomic E-state index is 0.229. The number of amides is 2. The summed E-state index contributed by atoms with van der Waals surface area (Å²) in [7, 11) is 0. The van der Waals surface area contributed by atoms with Crippen LogP contribution in [-0.2, 0) is 6.54 Å². The van der Waals surface area contributed by atoms with Crippen LogP contribution in [0.5, 0.6) is 0 Å². The molecule has 26 heavy (non-hydrogen) atoms. The summed E-state index contributed by atoms with van der Waals surface area (Å²) >= 11 is 0. The molecule has 3 rings (SSSR count). The fourth-order valence-electron chi connectivity index (χ4n) is 2.49. The quantitative estimate of drug-likeness (QED) is 0.742. The van der Waals surface area contributed by atoms with Gasteiger partial charge in [0.05, 0.1) is 0 Å². The van der Waals surface area contributed by atoms with Crippen LogP contribution in [0.25, 0.3) is 0 Å². The van der Waals surface area contributed by atoms with Crippen LogP contribution in [0.4, 0.5) is 5.69 Å². The van der Waals surface area contributed by atoms with Gasteiger partial charge in [-0.2, -0.15) is 0 Å². The number of aromatic nitrogens is 1. The van der Waals surface area contributed by atoms with E-state index in [1.807, 2.05) is 43.3 Å². The van der Waals surface area contributed by atoms with E-state index in [2.05, 4.69) is 15.6 Å². The average Bonchev–Trinajstić information content (AvgIpc) is 2.69. The maximum atomic E-state index is 12.5. The van der Waals surface area contributed by atoms with Gasteiger partial charge in [-0.25, -0.2) is 0 Å². The number of hydrogen-bond acceptors (Lipinski definition) is 3. The van der Waals surface area contributed by atoms with E-state index < -0.39 is 0 Å². The Kier molecular flexibility index (Phi) is 5.39. The maximum absolute atomic E-state index is 12.5. The number of nitrogens with zero attached hydrogens (tertiary/aromatic N) is 1. The van der Waals surface area contributed by atoms with Crippen molar-refractivity contribution in [3.8, 4) is 0 Å². The molecular formula is C21H19N3O2. The molecule has 0 aliphatic heterocycles. The Labute approximate surface area is 152 Å². The van der Waals surface area contributed by atoms with Crippen LogP contribution in [0.2, 0.25) is 0 Å². The van der Waals surface area contributed by atoms with Crippen LogP contribution in [0.1, 0.15) is 31.8 Å². The van der Waals surface area contributed by atoms with Gasteiger partial charge in [0.25, 0.3) is 11.8 Å². The number of hydrogen-bond donors (Lipinski definition) is 2. The Morgan fingerprint density at radius 2 is 1.58 bits per heavy atom. The van der Waals surface area contributed by atoms with Gasteiger partial charge in [0.15, 0.2) is 0 Å². The maximum Gasteiger partial charge on any atom is 0.255 e. The number of carbonyl (C=O) groups excluding carboxylic acids is 2. The van der Waals surface area contributed by atoms with E-state index in [9.17, 15) is 9.59 Å². The number of pyridine rings is 1. The van der Waals surface area contributed by atoms with Gasteiger partial charge in [0.1, 0.15) is 0 Å². The van der Waals surface area contributed by atoms with E-state index in [1.54, 1.807) is 36.7 Å². The van der Waals surface area contributed by atoms with Crippen LogP contribution in [0.3, 0.4) is 0 Å². The first kappa shape index (κ1) is 17.4. The third-order valence-electron chi connectivity index (χ3n) is 3.98. The lowest BCUT2D eigenvalue weighted by molar-refractivity contribution is 0.0951. The minimum Gasteiger partial charge on any atom is -0.348 e. The van der Waals surface area contributed by atoms with Crippen molar-refractivity contribution >= 4 is 17.5 Å². The van der Waals surface area contributed by atoms with Crippen molar-refractivity contribution in [1.82, 2.24) is 10.3 Å². The molecule has 0 aliphatic rings. The lowest BCUT2D eigenvalue weighted by Crippen LogP contribution is -2.23. The average molecular weight is 345 g/mol. The number of para-hydroxylation sites is 1. The van der Waals surface area contributed by atoms with E-state index in [1.165, 1.54) is 0 Å². The van der Waals surface area contributed by atoms with Gasteiger partial charge in [0.2, 0.25) is 0 Å². The smallest absolute Gasteiger partial charge is 0.255 e. The molecule has 0 unspecified atom stereocenters. The van der Waals surface area contributed by atoms with Gasteiger partial charge in [-0.05, 0) is 54.4 Å². The molecule has 130 valence electrons. The highest BCUT2D eigenvalue weighted by Crippen LogP contribution is 2.15. The monoisotopic (exact) mass is 345 g/mol. The molecule has 1 heterocycles. The summed E-state index contributed by atoms with van der Waals surface area (Å²) in [5, 5.41) is 5.71. The van der Waals surface area contributed by atoms with Crippen molar-refractivity contribution in [3.05, 3.63) is 95.3 Å². The largest absolute Gasteiger partial charge is 0.348 e. The molecule has 2 aromatic carbocycles. The number of benzene rings is 2. The molecule has 0 fully saturated rings. The molecule has 1 aromatic heterocycles. The zero-order valence-corrected chi connectivity index (χ0v) is 14.4. The summed E-state index contributed by atoms with van der Waals surface area (Å²) in [6.45, 7) is 2.33. The summed E-state index contributed by atoms with van der Waals surface area (Å²) in [5.74, 6) is -0.476. The predicted molar refractivity (Wildman–Crippen MR) is 101 cm³/mol. The molecule has 0 atom stereocenters. The molecule has 2 amide bonds. The van der Waals surface area contributed by atoms with Gasteiger partial charge >= 0.3 is 0 Å². The van der Waals surface area contributed by atoms with Gasteiger partial charge in [-0.15, -0.1) is 0 Å². The first-order chi connectivity index (χ1) is 12.6. The molecule has 3 aromatic rings. The van der Waals surface area contributed by atoms with E-state index >= 15 is 0 Å². The lowest BCUT2D eigenvalue weighted by Gasteiger charge is -2.09. The second kappa shape index (κ2) is 8.07. The number of anilines is 1. The Hall–Kier alpha value is -3.47. The summed E-state index contributed by atoms with van der Waals surface area (Å²) < 4.78 is 0. The number of carbonyl (C=O) groups is 2. The van der Waals surface area contributed by atoms with Crippen LogP contribution in [0.15, 0.2) is 73.1 Å². The molecule has 0 radical (unpaired) electrons. The van der Waals surface area contributed by atoms with Crippen molar-refractivity contribution < 1.29 is 9.59 Å². The highest BCUT2D eigenvalue weighted by Gasteiger charge is 2.11. The Balaban J connectivity index is 1.68. The zero-order chi connectivity index (χ0) is 18.4. The molecule has 0 aliphatic carbocycles. The minimum atomic E-state index is -0.247. The lowest BCUT2D eigenvalue weighted by atomic mass is 10.1. The molecule has 0 saturated carbocycles. The molecule has 2 N–H and O–H groups in total. The van der Waals surface area contributed by atoms with Gasteiger partial charge < -0.3 is 10.6 Å². The fraction of sp³-hybridized carbons (Fsp3) is 0.0952. The number of nitrogens with one attached hydrogen (secondary N) is 2. The summed E-state index contributed by atoms with van der Waals surface area (Å²) in [6.07, 6.45) is 3.36. The zero-order valence-electron chi connectivity index (χ0n) is 14.4. The molecular weight excluding hydrogens is 326 g/mol. The van der Waals surface area contributed by atoms with Crippen LogP contribution in [0, 0.1) is 6.92 Å². The van der Waals surface area contributed by atoms with Crippen LogP contribution >= 0.6 is 0 Å². The standard InChI is InChI=1S/C21H19N3O2/c1-15-5-2-3-8-19(15)24-21(26)18-7-4-6-17(13-18)20(25)23-14-16-9-11-22-12-10-16/h2-13H,14H2,1H3,(H,23,25)(H,24,26). The fourth-order valence-corrected chi connectivity index (χ4v) is 2.49. The van der Waals surface area contributed by atoms with E-state index in [4.69, 9.17) is 0 Å². The summed E-state index contributed by atoms with van der Waals surface area (Å²) in [6, 6.07) is 17.9. The third kappa shape index (κ3) is 4.33. The Bertz CT molecular complexity index is 923. The van der Waals surface area contributed by atoms with Crippen molar-refractivity contribution in [2.24, 2.45) is 0 Å². The molecule has 0 saturated heterocycles. The second-order valence-electron chi connectivity index (χ2n) is 5.89. The first-order valence-electron chi connectivity index (χ1n) is 8.27. The van der Waals surface area contributed by atoms with E-state index in [0.29, 0.717) is 17.7 Å². The highest BCUT2D eigenvalue weighted by molar-refractivity contribution is 6.06. The topological polar surface area (TPSA) is 71.1 Å². The van der Waals surface area contributed by atoms with Crippen molar-refractivity contribution in [1.29, 1.82) is 0 Å². The van der Waals surface area contributed by atoms with Crippen molar-refractivity contribution in [2.45, 2.75) is 13.5 Å². The highest BCUT2D eigenvalue weighted by atomic mass is 16.2. The van der Waals surface area contributed by atoms with Crippen molar-refractivity contribution in [2.75, 3.05) is 5.32 Å². The molecule has 0 bridgehead atoms. The molecule has 5 nitrogen and oxygen atoms in total. The van der Waals surface area contributed by atoms with Crippen molar-refractivity contribution in [3.63, 3.8) is 0 Å². The third-order valence-corrected chi connectivity index (χ3v) is 3.98. The van der Waals surface area contributed by atoms with Gasteiger partial charge in [-0.1, -0.05) is 24.3 Å². The first-order valence-corrected chi connectivity index (χ1v) is 8.27. The summed E-state index contributed by atoms with van der Waals surface area (Å²) in [4.78, 5) is 28.8. The predicted octanol–water partition coefficient (Wildman–Crippen LogP) is 3.57. The van der Waals surface area contributed by atoms with E-state index in [-0.39, 0.29) is 11.8 Å².